The van der Waals surface area contributed by atoms with Crippen LogP contribution in [0.3, 0.4) is 0 Å². The molecule has 0 unspecified atom stereocenters. The Kier molecular flexibility index (Phi) is 8.21. The van der Waals surface area contributed by atoms with Crippen LogP contribution in [-0.2, 0) is 0 Å². The zero-order valence-electron chi connectivity index (χ0n) is 12.1. The summed E-state index contributed by atoms with van der Waals surface area (Å²) in [6, 6.07) is 5.75. The van der Waals surface area contributed by atoms with Crippen LogP contribution >= 0.6 is 47.8 Å². The maximum Gasteiger partial charge on any atom is 0.142 e. The van der Waals surface area contributed by atoms with Gasteiger partial charge < -0.3 is 5.32 Å². The van der Waals surface area contributed by atoms with Crippen LogP contribution < -0.4 is 5.32 Å². The predicted octanol–water partition coefficient (Wildman–Crippen LogP) is 4.52. The highest BCUT2D eigenvalue weighted by molar-refractivity contribution is 7.10. The Morgan fingerprint density at radius 2 is 1.74 bits per heavy atom. The number of halogens is 5. The lowest BCUT2D eigenvalue weighted by molar-refractivity contribution is 0.197. The van der Waals surface area contributed by atoms with E-state index in [1.807, 2.05) is 17.5 Å². The lowest BCUT2D eigenvalue weighted by Gasteiger charge is -2.35. The quantitative estimate of drug-likeness (QED) is 0.761. The van der Waals surface area contributed by atoms with Crippen LogP contribution in [0.25, 0.3) is 0 Å². The van der Waals surface area contributed by atoms with Crippen LogP contribution in [0.15, 0.2) is 29.6 Å². The summed E-state index contributed by atoms with van der Waals surface area (Å²) in [5.41, 5.74) is 0.237. The molecule has 1 aliphatic rings. The van der Waals surface area contributed by atoms with Gasteiger partial charge in [0.2, 0.25) is 0 Å². The van der Waals surface area contributed by atoms with Crippen molar-refractivity contribution in [2.75, 3.05) is 26.2 Å². The highest BCUT2D eigenvalue weighted by Crippen LogP contribution is 2.38. The fourth-order valence-corrected chi connectivity index (χ4v) is 3.81. The van der Waals surface area contributed by atoms with Crippen molar-refractivity contribution in [1.82, 2.24) is 10.2 Å². The second kappa shape index (κ2) is 9.16. The van der Waals surface area contributed by atoms with Crippen LogP contribution in [-0.4, -0.2) is 31.1 Å². The standard InChI is InChI=1S/C15H15ClF2N2S.2ClH/c16-14-11(18)4-3-10(17)13(14)15(12-2-1-9-21-12)20-7-5-19-6-8-20;;/h1-4,9,15,19H,5-8H2;2*1H/t15-;;/m1../s1. The van der Waals surface area contributed by atoms with Crippen LogP contribution in [0.1, 0.15) is 16.5 Å². The molecule has 0 saturated carbocycles. The minimum absolute atomic E-state index is 0. The third kappa shape index (κ3) is 4.35. The van der Waals surface area contributed by atoms with Gasteiger partial charge in [0.15, 0.2) is 0 Å². The van der Waals surface area contributed by atoms with E-state index in [4.69, 9.17) is 11.6 Å². The Bertz CT molecular complexity index is 619. The molecule has 0 bridgehead atoms. The van der Waals surface area contributed by atoms with Crippen LogP contribution in [0.5, 0.6) is 0 Å². The van der Waals surface area contributed by atoms with Crippen molar-refractivity contribution in [3.05, 3.63) is 56.7 Å². The molecule has 23 heavy (non-hydrogen) atoms. The number of rotatable bonds is 3. The van der Waals surface area contributed by atoms with E-state index >= 15 is 0 Å². The summed E-state index contributed by atoms with van der Waals surface area (Å²) < 4.78 is 28.1. The van der Waals surface area contributed by atoms with Gasteiger partial charge in [-0.25, -0.2) is 8.78 Å². The highest BCUT2D eigenvalue weighted by atomic mass is 35.5. The van der Waals surface area contributed by atoms with Gasteiger partial charge in [0, 0.05) is 36.6 Å². The van der Waals surface area contributed by atoms with Crippen molar-refractivity contribution >= 4 is 47.8 Å². The van der Waals surface area contributed by atoms with Crippen molar-refractivity contribution in [3.8, 4) is 0 Å². The minimum Gasteiger partial charge on any atom is -0.314 e. The summed E-state index contributed by atoms with van der Waals surface area (Å²) in [6.45, 7) is 3.20. The van der Waals surface area contributed by atoms with Crippen molar-refractivity contribution < 1.29 is 8.78 Å². The Hall–Kier alpha value is -0.430. The van der Waals surface area contributed by atoms with Gasteiger partial charge in [0.05, 0.1) is 11.1 Å². The van der Waals surface area contributed by atoms with Crippen LogP contribution in [0, 0.1) is 11.6 Å². The van der Waals surface area contributed by atoms with Gasteiger partial charge >= 0.3 is 0 Å². The SMILES string of the molecule is Cl.Cl.Fc1ccc(F)c([C@@H](c2cccs2)N2CCNCC2)c1Cl. The molecule has 0 amide bonds. The van der Waals surface area contributed by atoms with Gasteiger partial charge in [-0.15, -0.1) is 36.2 Å². The molecule has 1 atom stereocenters. The minimum atomic E-state index is -0.579. The van der Waals surface area contributed by atoms with E-state index in [0.717, 1.165) is 43.2 Å². The molecule has 2 heterocycles. The second-order valence-electron chi connectivity index (χ2n) is 4.96. The molecular formula is C15H17Cl3F2N2S. The second-order valence-corrected chi connectivity index (χ2v) is 6.32. The van der Waals surface area contributed by atoms with E-state index in [-0.39, 0.29) is 41.4 Å². The Labute approximate surface area is 155 Å². The van der Waals surface area contributed by atoms with E-state index in [0.29, 0.717) is 0 Å². The molecule has 1 aromatic heterocycles. The summed E-state index contributed by atoms with van der Waals surface area (Å²) in [7, 11) is 0. The monoisotopic (exact) mass is 400 g/mol. The van der Waals surface area contributed by atoms with E-state index in [2.05, 4.69) is 10.2 Å². The topological polar surface area (TPSA) is 15.3 Å². The van der Waals surface area contributed by atoms with Crippen molar-refractivity contribution in [1.29, 1.82) is 0 Å². The number of piperazine rings is 1. The van der Waals surface area contributed by atoms with Gasteiger partial charge in [0.25, 0.3) is 0 Å². The third-order valence-corrected chi connectivity index (χ3v) is 4.99. The third-order valence-electron chi connectivity index (χ3n) is 3.68. The number of benzene rings is 1. The Morgan fingerprint density at radius 3 is 2.35 bits per heavy atom. The molecule has 1 aromatic carbocycles. The summed E-state index contributed by atoms with van der Waals surface area (Å²) in [5.74, 6) is -1.04. The van der Waals surface area contributed by atoms with E-state index < -0.39 is 11.6 Å². The Morgan fingerprint density at radius 1 is 1.09 bits per heavy atom. The maximum absolute atomic E-state index is 14.3. The fourth-order valence-electron chi connectivity index (χ4n) is 2.69. The smallest absolute Gasteiger partial charge is 0.142 e. The first kappa shape index (κ1) is 20.6. The highest BCUT2D eigenvalue weighted by Gasteiger charge is 2.30. The van der Waals surface area contributed by atoms with Crippen LogP contribution in [0.2, 0.25) is 5.02 Å². The molecule has 2 nitrogen and oxygen atoms in total. The van der Waals surface area contributed by atoms with Crippen molar-refractivity contribution in [3.63, 3.8) is 0 Å². The van der Waals surface area contributed by atoms with Crippen LogP contribution in [0.4, 0.5) is 8.78 Å². The van der Waals surface area contributed by atoms with Crippen molar-refractivity contribution in [2.45, 2.75) is 6.04 Å². The average Bonchev–Trinajstić information content (AvgIpc) is 3.02. The molecule has 1 N–H and O–H groups in total. The summed E-state index contributed by atoms with van der Waals surface area (Å²) in [6.07, 6.45) is 0. The maximum atomic E-state index is 14.3. The molecule has 128 valence electrons. The Balaban J connectivity index is 0.00000132. The number of hydrogen-bond acceptors (Lipinski definition) is 3. The number of thiophene rings is 1. The van der Waals surface area contributed by atoms with Gasteiger partial charge in [-0.2, -0.15) is 0 Å². The molecule has 1 fully saturated rings. The van der Waals surface area contributed by atoms with E-state index in [1.54, 1.807) is 0 Å². The summed E-state index contributed by atoms with van der Waals surface area (Å²) >= 11 is 7.61. The molecule has 0 radical (unpaired) electrons. The molecule has 3 rings (SSSR count). The zero-order chi connectivity index (χ0) is 14.8. The molecule has 8 heteroatoms. The number of hydrogen-bond donors (Lipinski definition) is 1. The van der Waals surface area contributed by atoms with Crippen molar-refractivity contribution in [2.24, 2.45) is 0 Å². The van der Waals surface area contributed by atoms with Gasteiger partial charge in [0.1, 0.15) is 11.6 Å². The van der Waals surface area contributed by atoms with E-state index in [9.17, 15) is 8.78 Å². The number of nitrogens with one attached hydrogen (secondary N) is 1. The summed E-state index contributed by atoms with van der Waals surface area (Å²) in [5, 5.41) is 5.09. The lowest BCUT2D eigenvalue weighted by Crippen LogP contribution is -2.45. The summed E-state index contributed by atoms with van der Waals surface area (Å²) in [4.78, 5) is 3.12. The molecule has 1 saturated heterocycles. The average molecular weight is 402 g/mol. The first-order valence-corrected chi connectivity index (χ1v) is 8.06. The zero-order valence-corrected chi connectivity index (χ0v) is 15.3. The molecule has 1 aliphatic heterocycles. The normalized spacial score (nSPS) is 16.3. The van der Waals surface area contributed by atoms with Gasteiger partial charge in [-0.05, 0) is 23.6 Å². The van der Waals surface area contributed by atoms with Gasteiger partial charge in [-0.3, -0.25) is 4.90 Å². The van der Waals surface area contributed by atoms with E-state index in [1.165, 1.54) is 11.3 Å². The van der Waals surface area contributed by atoms with Gasteiger partial charge in [-0.1, -0.05) is 17.7 Å². The fraction of sp³-hybridized carbons (Fsp3) is 0.333. The molecule has 0 spiro atoms. The first-order valence-electron chi connectivity index (χ1n) is 6.80. The molecule has 2 aromatic rings. The first-order chi connectivity index (χ1) is 10.2. The predicted molar refractivity (Wildman–Crippen MR) is 96.5 cm³/mol. The largest absolute Gasteiger partial charge is 0.314 e. The lowest BCUT2D eigenvalue weighted by atomic mass is 10.0. The molecular weight excluding hydrogens is 385 g/mol. The number of nitrogens with zero attached hydrogens (tertiary/aromatic N) is 1. The molecule has 0 aliphatic carbocycles.